The number of nitrogens with zero attached hydrogens (tertiary/aromatic N) is 4. The molecule has 1 aromatic heterocycles. The molecule has 0 radical (unpaired) electrons. The van der Waals surface area contributed by atoms with Gasteiger partial charge in [-0.15, -0.1) is 5.10 Å². The number of hydrogen-bond acceptors (Lipinski definition) is 4. The van der Waals surface area contributed by atoms with Gasteiger partial charge in [-0.25, -0.2) is 4.68 Å². The van der Waals surface area contributed by atoms with Crippen LogP contribution in [0.4, 0.5) is 0 Å². The average Bonchev–Trinajstić information content (AvgIpc) is 2.83. The van der Waals surface area contributed by atoms with Crippen molar-refractivity contribution in [2.75, 3.05) is 7.11 Å². The fourth-order valence-corrected chi connectivity index (χ4v) is 2.66. The van der Waals surface area contributed by atoms with Gasteiger partial charge in [-0.05, 0) is 19.8 Å². The highest BCUT2D eigenvalue weighted by molar-refractivity contribution is 5.17. The largest absolute Gasteiger partial charge is 0.375 e. The topological polar surface area (TPSA) is 63.7 Å². The summed E-state index contributed by atoms with van der Waals surface area (Å²) in [6.45, 7) is 1.99. The SMILES string of the molecule is COC(C)c1c(CC#N)nnn1C1CCCCC1. The van der Waals surface area contributed by atoms with Gasteiger partial charge in [-0.2, -0.15) is 5.26 Å². The lowest BCUT2D eigenvalue weighted by Crippen LogP contribution is -2.19. The van der Waals surface area contributed by atoms with Crippen LogP contribution in [0, 0.1) is 11.3 Å². The zero-order valence-corrected chi connectivity index (χ0v) is 11.1. The lowest BCUT2D eigenvalue weighted by atomic mass is 9.95. The first kappa shape index (κ1) is 13.0. The quantitative estimate of drug-likeness (QED) is 0.821. The minimum Gasteiger partial charge on any atom is -0.375 e. The van der Waals surface area contributed by atoms with Crippen LogP contribution in [-0.4, -0.2) is 22.1 Å². The first-order valence-corrected chi connectivity index (χ1v) is 6.61. The van der Waals surface area contributed by atoms with Crippen molar-refractivity contribution >= 4 is 0 Å². The Bertz CT molecular complexity index is 429. The van der Waals surface area contributed by atoms with Crippen LogP contribution in [0.25, 0.3) is 0 Å². The van der Waals surface area contributed by atoms with Crippen LogP contribution in [0.1, 0.15) is 62.6 Å². The predicted octanol–water partition coefficient (Wildman–Crippen LogP) is 2.56. The monoisotopic (exact) mass is 248 g/mol. The molecular formula is C13H20N4O. The van der Waals surface area contributed by atoms with E-state index in [2.05, 4.69) is 16.4 Å². The van der Waals surface area contributed by atoms with Crippen molar-refractivity contribution in [2.24, 2.45) is 0 Å². The zero-order chi connectivity index (χ0) is 13.0. The molecule has 2 rings (SSSR count). The Kier molecular flexibility index (Phi) is 4.32. The molecular weight excluding hydrogens is 228 g/mol. The molecule has 1 aliphatic rings. The molecule has 5 nitrogen and oxygen atoms in total. The first-order chi connectivity index (χ1) is 8.77. The van der Waals surface area contributed by atoms with Gasteiger partial charge in [-0.1, -0.05) is 24.5 Å². The average molecular weight is 248 g/mol. The van der Waals surface area contributed by atoms with E-state index in [1.165, 1.54) is 19.3 Å². The Hall–Kier alpha value is -1.41. The molecule has 1 heterocycles. The van der Waals surface area contributed by atoms with Crippen LogP contribution >= 0.6 is 0 Å². The van der Waals surface area contributed by atoms with Crippen LogP contribution in [-0.2, 0) is 11.2 Å². The Morgan fingerprint density at radius 3 is 2.78 bits per heavy atom. The Balaban J connectivity index is 2.31. The maximum absolute atomic E-state index is 8.85. The van der Waals surface area contributed by atoms with Crippen LogP contribution in [0.5, 0.6) is 0 Å². The van der Waals surface area contributed by atoms with E-state index in [0.29, 0.717) is 12.5 Å². The molecule has 1 unspecified atom stereocenters. The molecule has 1 aliphatic carbocycles. The van der Waals surface area contributed by atoms with Crippen molar-refractivity contribution < 1.29 is 4.74 Å². The second-order valence-corrected chi connectivity index (χ2v) is 4.87. The van der Waals surface area contributed by atoms with E-state index in [-0.39, 0.29) is 6.10 Å². The molecule has 0 amide bonds. The molecule has 18 heavy (non-hydrogen) atoms. The second-order valence-electron chi connectivity index (χ2n) is 4.87. The van der Waals surface area contributed by atoms with E-state index < -0.39 is 0 Å². The summed E-state index contributed by atoms with van der Waals surface area (Å²) in [6, 6.07) is 2.57. The maximum Gasteiger partial charge on any atom is 0.103 e. The third-order valence-electron chi connectivity index (χ3n) is 3.71. The molecule has 1 fully saturated rings. The Morgan fingerprint density at radius 2 is 2.17 bits per heavy atom. The Labute approximate surface area is 108 Å². The third-order valence-corrected chi connectivity index (χ3v) is 3.71. The number of ether oxygens (including phenoxy) is 1. The summed E-state index contributed by atoms with van der Waals surface area (Å²) in [5.74, 6) is 0. The van der Waals surface area contributed by atoms with E-state index in [0.717, 1.165) is 24.2 Å². The minimum absolute atomic E-state index is 0.0646. The summed E-state index contributed by atoms with van der Waals surface area (Å²) < 4.78 is 7.40. The molecule has 1 saturated carbocycles. The normalized spacial score (nSPS) is 18.5. The van der Waals surface area contributed by atoms with Crippen molar-refractivity contribution in [3.05, 3.63) is 11.4 Å². The van der Waals surface area contributed by atoms with E-state index in [9.17, 15) is 0 Å². The molecule has 0 bridgehead atoms. The molecule has 0 aromatic carbocycles. The van der Waals surface area contributed by atoms with Crippen LogP contribution in [0.2, 0.25) is 0 Å². The third kappa shape index (κ3) is 2.54. The van der Waals surface area contributed by atoms with Gasteiger partial charge in [0, 0.05) is 7.11 Å². The van der Waals surface area contributed by atoms with Crippen LogP contribution < -0.4 is 0 Å². The van der Waals surface area contributed by atoms with Gasteiger partial charge < -0.3 is 4.74 Å². The lowest BCUT2D eigenvalue weighted by Gasteiger charge is -2.24. The fraction of sp³-hybridized carbons (Fsp3) is 0.769. The molecule has 0 N–H and O–H groups in total. The molecule has 0 aliphatic heterocycles. The summed E-state index contributed by atoms with van der Waals surface area (Å²) >= 11 is 0. The van der Waals surface area contributed by atoms with Crippen LogP contribution in [0.15, 0.2) is 0 Å². The van der Waals surface area contributed by atoms with Gasteiger partial charge in [0.15, 0.2) is 0 Å². The number of hydrogen-bond donors (Lipinski definition) is 0. The molecule has 5 heteroatoms. The Morgan fingerprint density at radius 1 is 1.44 bits per heavy atom. The maximum atomic E-state index is 8.85. The molecule has 1 aromatic rings. The van der Waals surface area contributed by atoms with Crippen molar-refractivity contribution in [1.82, 2.24) is 15.0 Å². The predicted molar refractivity (Wildman–Crippen MR) is 66.9 cm³/mol. The fourth-order valence-electron chi connectivity index (χ4n) is 2.66. The minimum atomic E-state index is -0.0646. The van der Waals surface area contributed by atoms with Crippen molar-refractivity contribution in [2.45, 2.75) is 57.6 Å². The molecule has 0 saturated heterocycles. The zero-order valence-electron chi connectivity index (χ0n) is 11.1. The van der Waals surface area contributed by atoms with Gasteiger partial charge >= 0.3 is 0 Å². The molecule has 1 atom stereocenters. The first-order valence-electron chi connectivity index (χ1n) is 6.61. The summed E-state index contributed by atoms with van der Waals surface area (Å²) in [4.78, 5) is 0. The summed E-state index contributed by atoms with van der Waals surface area (Å²) in [6.07, 6.45) is 6.35. The highest BCUT2D eigenvalue weighted by Crippen LogP contribution is 2.31. The van der Waals surface area contributed by atoms with E-state index in [1.807, 2.05) is 11.6 Å². The highest BCUT2D eigenvalue weighted by atomic mass is 16.5. The molecule has 98 valence electrons. The number of methoxy groups -OCH3 is 1. The highest BCUT2D eigenvalue weighted by Gasteiger charge is 2.25. The number of aromatic nitrogens is 3. The van der Waals surface area contributed by atoms with E-state index in [1.54, 1.807) is 7.11 Å². The van der Waals surface area contributed by atoms with Gasteiger partial charge in [0.25, 0.3) is 0 Å². The lowest BCUT2D eigenvalue weighted by molar-refractivity contribution is 0.107. The van der Waals surface area contributed by atoms with Gasteiger partial charge in [0.2, 0.25) is 0 Å². The van der Waals surface area contributed by atoms with Gasteiger partial charge in [0.05, 0.1) is 30.3 Å². The summed E-state index contributed by atoms with van der Waals surface area (Å²) in [5, 5.41) is 17.3. The van der Waals surface area contributed by atoms with E-state index >= 15 is 0 Å². The van der Waals surface area contributed by atoms with Crippen LogP contribution in [0.3, 0.4) is 0 Å². The van der Waals surface area contributed by atoms with Crippen molar-refractivity contribution in [1.29, 1.82) is 5.26 Å². The second kappa shape index (κ2) is 5.96. The van der Waals surface area contributed by atoms with Gasteiger partial charge in [0.1, 0.15) is 5.69 Å². The smallest absolute Gasteiger partial charge is 0.103 e. The molecule has 0 spiro atoms. The van der Waals surface area contributed by atoms with Crippen molar-refractivity contribution in [3.8, 4) is 6.07 Å². The van der Waals surface area contributed by atoms with Crippen molar-refractivity contribution in [3.63, 3.8) is 0 Å². The summed E-state index contributed by atoms with van der Waals surface area (Å²) in [7, 11) is 1.68. The summed E-state index contributed by atoms with van der Waals surface area (Å²) in [5.41, 5.74) is 1.74. The van der Waals surface area contributed by atoms with Gasteiger partial charge in [-0.3, -0.25) is 0 Å². The van der Waals surface area contributed by atoms with E-state index in [4.69, 9.17) is 10.00 Å². The standard InChI is InChI=1S/C13H20N4O/c1-10(18-2)13-12(8-9-14)15-16-17(13)11-6-4-3-5-7-11/h10-11H,3-8H2,1-2H3. The number of nitriles is 1. The number of rotatable bonds is 4.